The largest absolute Gasteiger partial charge is 0.463 e. The van der Waals surface area contributed by atoms with Crippen molar-refractivity contribution < 1.29 is 14.6 Å². The molecule has 0 aromatic rings. The van der Waals surface area contributed by atoms with E-state index in [2.05, 4.69) is 20.1 Å². The summed E-state index contributed by atoms with van der Waals surface area (Å²) in [6.45, 7) is 12.8. The highest BCUT2D eigenvalue weighted by atomic mass is 16.5. The van der Waals surface area contributed by atoms with Crippen LogP contribution in [-0.2, 0) is 9.53 Å². The molecule has 0 unspecified atom stereocenters. The first-order valence-corrected chi connectivity index (χ1v) is 12.0. The molecule has 3 heteroatoms. The standard InChI is InChI=1S/C20H40O3.2C3H6/c1-2-3-4-5-6-7-8-9-10-11-12-13-14-15-16-17-20(22)23-19-18-21;2*1-3-2/h21H,2-19H2,1H3;2*3H,1H2,2H3. The molecule has 0 radical (unpaired) electrons. The van der Waals surface area contributed by atoms with Crippen molar-refractivity contribution in [2.75, 3.05) is 13.2 Å². The number of hydrogen-bond donors (Lipinski definition) is 1. The van der Waals surface area contributed by atoms with E-state index in [-0.39, 0.29) is 19.2 Å². The molecule has 0 spiro atoms. The minimum Gasteiger partial charge on any atom is -0.463 e. The van der Waals surface area contributed by atoms with Gasteiger partial charge in [0, 0.05) is 6.42 Å². The Morgan fingerprint density at radius 2 is 1.03 bits per heavy atom. The second kappa shape index (κ2) is 34.4. The second-order valence-corrected chi connectivity index (χ2v) is 7.46. The Hall–Kier alpha value is -1.09. The fourth-order valence-electron chi connectivity index (χ4n) is 2.87. The lowest BCUT2D eigenvalue weighted by molar-refractivity contribution is -0.144. The summed E-state index contributed by atoms with van der Waals surface area (Å²) in [5.41, 5.74) is 0. The van der Waals surface area contributed by atoms with E-state index < -0.39 is 0 Å². The van der Waals surface area contributed by atoms with Gasteiger partial charge in [-0.05, 0) is 20.3 Å². The van der Waals surface area contributed by atoms with Crippen LogP contribution in [0.15, 0.2) is 25.3 Å². The summed E-state index contributed by atoms with van der Waals surface area (Å²) >= 11 is 0. The number of unbranched alkanes of at least 4 members (excludes halogenated alkanes) is 14. The second-order valence-electron chi connectivity index (χ2n) is 7.46. The molecule has 0 aromatic heterocycles. The third-order valence-electron chi connectivity index (χ3n) is 4.34. The number of allylic oxidation sites excluding steroid dienone is 2. The number of rotatable bonds is 18. The highest BCUT2D eigenvalue weighted by Crippen LogP contribution is 2.13. The lowest BCUT2D eigenvalue weighted by Gasteiger charge is -2.04. The van der Waals surface area contributed by atoms with Crippen molar-refractivity contribution in [3.05, 3.63) is 25.3 Å². The maximum Gasteiger partial charge on any atom is 0.305 e. The van der Waals surface area contributed by atoms with E-state index in [1.807, 2.05) is 13.8 Å². The van der Waals surface area contributed by atoms with E-state index in [1.165, 1.54) is 83.5 Å². The van der Waals surface area contributed by atoms with Crippen molar-refractivity contribution in [2.45, 2.75) is 124 Å². The van der Waals surface area contributed by atoms with Gasteiger partial charge in [0.05, 0.1) is 6.61 Å². The van der Waals surface area contributed by atoms with Gasteiger partial charge in [0.2, 0.25) is 0 Å². The smallest absolute Gasteiger partial charge is 0.305 e. The normalized spacial score (nSPS) is 9.52. The fraction of sp³-hybridized carbons (Fsp3) is 0.808. The van der Waals surface area contributed by atoms with Crippen molar-refractivity contribution >= 4 is 5.97 Å². The van der Waals surface area contributed by atoms with Crippen molar-refractivity contribution in [2.24, 2.45) is 0 Å². The molecule has 29 heavy (non-hydrogen) atoms. The van der Waals surface area contributed by atoms with E-state index in [1.54, 1.807) is 12.2 Å². The van der Waals surface area contributed by atoms with Gasteiger partial charge in [-0.15, -0.1) is 13.2 Å². The first kappa shape index (κ1) is 32.6. The Kier molecular flexibility index (Phi) is 38.7. The molecule has 1 N–H and O–H groups in total. The molecular formula is C26H52O3. The summed E-state index contributed by atoms with van der Waals surface area (Å²) in [6.07, 6.45) is 23.9. The molecule has 0 aliphatic rings. The Bertz CT molecular complexity index is 307. The Labute approximate surface area is 183 Å². The Balaban J connectivity index is -0.000000993. The summed E-state index contributed by atoms with van der Waals surface area (Å²) < 4.78 is 4.82. The van der Waals surface area contributed by atoms with Gasteiger partial charge in [-0.1, -0.05) is 109 Å². The van der Waals surface area contributed by atoms with E-state index in [0.717, 1.165) is 12.8 Å². The third kappa shape index (κ3) is 42.1. The van der Waals surface area contributed by atoms with Crippen LogP contribution in [0.4, 0.5) is 0 Å². The number of carbonyl (C=O) groups excluding carboxylic acids is 1. The predicted octanol–water partition coefficient (Wildman–Crippen LogP) is 8.17. The van der Waals surface area contributed by atoms with Gasteiger partial charge < -0.3 is 9.84 Å². The fourth-order valence-corrected chi connectivity index (χ4v) is 2.87. The first-order chi connectivity index (χ1) is 14.1. The molecule has 0 heterocycles. The Morgan fingerprint density at radius 1 is 0.724 bits per heavy atom. The molecule has 0 aliphatic carbocycles. The van der Waals surface area contributed by atoms with E-state index >= 15 is 0 Å². The van der Waals surface area contributed by atoms with Gasteiger partial charge >= 0.3 is 5.97 Å². The Morgan fingerprint density at radius 3 is 1.34 bits per heavy atom. The minimum atomic E-state index is -0.172. The van der Waals surface area contributed by atoms with Crippen LogP contribution in [0.3, 0.4) is 0 Å². The van der Waals surface area contributed by atoms with Crippen LogP contribution in [0.2, 0.25) is 0 Å². The zero-order chi connectivity index (χ0) is 22.4. The topological polar surface area (TPSA) is 46.5 Å². The number of ether oxygens (including phenoxy) is 1. The summed E-state index contributed by atoms with van der Waals surface area (Å²) in [6, 6.07) is 0. The molecule has 174 valence electrons. The summed E-state index contributed by atoms with van der Waals surface area (Å²) in [5, 5.41) is 8.54. The maximum absolute atomic E-state index is 11.2. The van der Waals surface area contributed by atoms with Gasteiger partial charge in [0.25, 0.3) is 0 Å². The quantitative estimate of drug-likeness (QED) is 0.140. The molecule has 0 saturated carbocycles. The van der Waals surface area contributed by atoms with Gasteiger partial charge in [-0.2, -0.15) is 0 Å². The summed E-state index contributed by atoms with van der Waals surface area (Å²) in [4.78, 5) is 11.2. The van der Waals surface area contributed by atoms with E-state index in [4.69, 9.17) is 9.84 Å². The molecular weight excluding hydrogens is 360 g/mol. The molecule has 0 aliphatic heterocycles. The van der Waals surface area contributed by atoms with Crippen molar-refractivity contribution in [3.63, 3.8) is 0 Å². The van der Waals surface area contributed by atoms with Crippen LogP contribution < -0.4 is 0 Å². The van der Waals surface area contributed by atoms with E-state index in [0.29, 0.717) is 6.42 Å². The molecule has 3 nitrogen and oxygen atoms in total. The van der Waals surface area contributed by atoms with Crippen LogP contribution >= 0.6 is 0 Å². The van der Waals surface area contributed by atoms with Gasteiger partial charge in [-0.25, -0.2) is 0 Å². The highest BCUT2D eigenvalue weighted by Gasteiger charge is 2.01. The van der Waals surface area contributed by atoms with Gasteiger partial charge in [0.15, 0.2) is 0 Å². The lowest BCUT2D eigenvalue weighted by atomic mass is 10.0. The highest BCUT2D eigenvalue weighted by molar-refractivity contribution is 5.69. The predicted molar refractivity (Wildman–Crippen MR) is 129 cm³/mol. The first-order valence-electron chi connectivity index (χ1n) is 12.0. The van der Waals surface area contributed by atoms with Gasteiger partial charge in [0.1, 0.15) is 6.61 Å². The molecule has 0 atom stereocenters. The van der Waals surface area contributed by atoms with Crippen molar-refractivity contribution in [1.82, 2.24) is 0 Å². The number of aliphatic hydroxyl groups excluding tert-OH is 1. The van der Waals surface area contributed by atoms with Crippen molar-refractivity contribution in [3.8, 4) is 0 Å². The van der Waals surface area contributed by atoms with Crippen LogP contribution in [0.5, 0.6) is 0 Å². The number of esters is 1. The molecule has 0 saturated heterocycles. The summed E-state index contributed by atoms with van der Waals surface area (Å²) in [7, 11) is 0. The molecule has 0 fully saturated rings. The molecule has 0 bridgehead atoms. The number of aliphatic hydroxyl groups is 1. The minimum absolute atomic E-state index is 0.0788. The average molecular weight is 413 g/mol. The van der Waals surface area contributed by atoms with Crippen LogP contribution in [0, 0.1) is 0 Å². The van der Waals surface area contributed by atoms with Crippen LogP contribution in [0.1, 0.15) is 124 Å². The van der Waals surface area contributed by atoms with Crippen LogP contribution in [-0.4, -0.2) is 24.3 Å². The molecule has 0 amide bonds. The summed E-state index contributed by atoms with van der Waals surface area (Å²) in [5.74, 6) is -0.172. The van der Waals surface area contributed by atoms with Crippen molar-refractivity contribution in [1.29, 1.82) is 0 Å². The average Bonchev–Trinajstić information content (AvgIpc) is 2.70. The zero-order valence-electron chi connectivity index (χ0n) is 20.1. The third-order valence-corrected chi connectivity index (χ3v) is 4.34. The SMILES string of the molecule is C=CC.C=CC.CCCCCCCCCCCCCCCCCC(=O)OCCO. The zero-order valence-corrected chi connectivity index (χ0v) is 20.1. The number of hydrogen-bond acceptors (Lipinski definition) is 3. The molecule has 0 aromatic carbocycles. The van der Waals surface area contributed by atoms with Crippen LogP contribution in [0.25, 0.3) is 0 Å². The number of carbonyl (C=O) groups is 1. The maximum atomic E-state index is 11.2. The van der Waals surface area contributed by atoms with E-state index in [9.17, 15) is 4.79 Å². The molecule has 0 rings (SSSR count). The van der Waals surface area contributed by atoms with Gasteiger partial charge in [-0.3, -0.25) is 4.79 Å². The lowest BCUT2D eigenvalue weighted by Crippen LogP contribution is -2.07. The monoisotopic (exact) mass is 412 g/mol.